The molecule has 1 aromatic carbocycles. The lowest BCUT2D eigenvalue weighted by molar-refractivity contribution is -0.384. The molecule has 5 nitrogen and oxygen atoms in total. The highest BCUT2D eigenvalue weighted by Gasteiger charge is 2.39. The molecular formula is C14H20N2O3. The van der Waals surface area contributed by atoms with E-state index < -0.39 is 0 Å². The number of nitrogens with zero attached hydrogens (tertiary/aromatic N) is 2. The molecule has 104 valence electrons. The third-order valence-electron chi connectivity index (χ3n) is 3.11. The molecular weight excluding hydrogens is 244 g/mol. The summed E-state index contributed by atoms with van der Waals surface area (Å²) >= 11 is 0. The van der Waals surface area contributed by atoms with E-state index in [0.29, 0.717) is 18.8 Å². The molecule has 0 bridgehead atoms. The third kappa shape index (κ3) is 3.04. The number of morpholine rings is 1. The monoisotopic (exact) mass is 264 g/mol. The minimum Gasteiger partial charge on any atom is -0.366 e. The van der Waals surface area contributed by atoms with Crippen LogP contribution in [0.4, 0.5) is 11.4 Å². The quantitative estimate of drug-likeness (QED) is 0.608. The van der Waals surface area contributed by atoms with Crippen LogP contribution in [0.25, 0.3) is 0 Å². The number of hydrogen-bond acceptors (Lipinski definition) is 4. The van der Waals surface area contributed by atoms with Crippen molar-refractivity contribution in [1.82, 2.24) is 0 Å². The molecule has 1 aromatic rings. The van der Waals surface area contributed by atoms with Gasteiger partial charge in [0.05, 0.1) is 16.1 Å². The van der Waals surface area contributed by atoms with E-state index in [1.54, 1.807) is 18.2 Å². The van der Waals surface area contributed by atoms with Crippen molar-refractivity contribution in [3.63, 3.8) is 0 Å². The van der Waals surface area contributed by atoms with Crippen LogP contribution in [0.1, 0.15) is 27.7 Å². The molecule has 1 saturated heterocycles. The van der Waals surface area contributed by atoms with Crippen molar-refractivity contribution < 1.29 is 9.66 Å². The summed E-state index contributed by atoms with van der Waals surface area (Å²) in [6.45, 7) is 9.32. The van der Waals surface area contributed by atoms with Gasteiger partial charge in [-0.25, -0.2) is 0 Å². The standard InChI is InChI=1S/C14H20N2O3/c1-13(2)9-15(10-14(3,4)19-13)11-7-5-6-8-12(11)16(17)18/h5-8H,9-10H2,1-4H3. The average molecular weight is 264 g/mol. The Morgan fingerprint density at radius 1 is 1.16 bits per heavy atom. The average Bonchev–Trinajstić information content (AvgIpc) is 2.24. The number of ether oxygens (including phenoxy) is 1. The summed E-state index contributed by atoms with van der Waals surface area (Å²) in [6.07, 6.45) is 0. The van der Waals surface area contributed by atoms with Crippen molar-refractivity contribution in [3.05, 3.63) is 34.4 Å². The first kappa shape index (κ1) is 13.8. The van der Waals surface area contributed by atoms with Gasteiger partial charge in [-0.15, -0.1) is 0 Å². The Morgan fingerprint density at radius 2 is 1.68 bits per heavy atom. The summed E-state index contributed by atoms with van der Waals surface area (Å²) in [5.41, 5.74) is 0.157. The van der Waals surface area contributed by atoms with Crippen molar-refractivity contribution in [2.75, 3.05) is 18.0 Å². The van der Waals surface area contributed by atoms with Crippen LogP contribution in [0.5, 0.6) is 0 Å². The normalized spacial score (nSPS) is 21.2. The number of hydrogen-bond donors (Lipinski definition) is 0. The van der Waals surface area contributed by atoms with E-state index >= 15 is 0 Å². The van der Waals surface area contributed by atoms with Gasteiger partial charge in [-0.2, -0.15) is 0 Å². The van der Waals surface area contributed by atoms with E-state index in [9.17, 15) is 10.1 Å². The van der Waals surface area contributed by atoms with Gasteiger partial charge in [-0.05, 0) is 33.8 Å². The van der Waals surface area contributed by atoms with Gasteiger partial charge in [0, 0.05) is 19.2 Å². The number of rotatable bonds is 2. The molecule has 1 aliphatic heterocycles. The lowest BCUT2D eigenvalue weighted by Crippen LogP contribution is -2.57. The Bertz CT molecular complexity index is 481. The molecule has 5 heteroatoms. The second kappa shape index (κ2) is 4.49. The zero-order chi connectivity index (χ0) is 14.3. The van der Waals surface area contributed by atoms with Gasteiger partial charge >= 0.3 is 0 Å². The minimum absolute atomic E-state index is 0.149. The molecule has 0 amide bonds. The van der Waals surface area contributed by atoms with Crippen molar-refractivity contribution in [2.24, 2.45) is 0 Å². The van der Waals surface area contributed by atoms with Crippen LogP contribution < -0.4 is 4.90 Å². The summed E-state index contributed by atoms with van der Waals surface area (Å²) in [4.78, 5) is 12.8. The topological polar surface area (TPSA) is 55.6 Å². The molecule has 0 N–H and O–H groups in total. The van der Waals surface area contributed by atoms with Gasteiger partial charge in [0.25, 0.3) is 5.69 Å². The summed E-state index contributed by atoms with van der Waals surface area (Å²) < 4.78 is 6.00. The van der Waals surface area contributed by atoms with Crippen LogP contribution in [-0.2, 0) is 4.74 Å². The zero-order valence-corrected chi connectivity index (χ0v) is 11.8. The summed E-state index contributed by atoms with van der Waals surface area (Å²) in [7, 11) is 0. The predicted octanol–water partition coefficient (Wildman–Crippen LogP) is 2.99. The maximum Gasteiger partial charge on any atom is 0.292 e. The lowest BCUT2D eigenvalue weighted by Gasteiger charge is -2.47. The molecule has 0 unspecified atom stereocenters. The maximum atomic E-state index is 11.1. The van der Waals surface area contributed by atoms with E-state index in [4.69, 9.17) is 4.74 Å². The summed E-state index contributed by atoms with van der Waals surface area (Å²) in [6, 6.07) is 6.87. The first-order chi connectivity index (χ1) is 8.70. The second-order valence-corrected chi connectivity index (χ2v) is 6.22. The number of nitro benzene ring substituents is 1. The fourth-order valence-electron chi connectivity index (χ4n) is 2.84. The highest BCUT2D eigenvalue weighted by Crippen LogP contribution is 2.35. The van der Waals surface area contributed by atoms with Crippen LogP contribution in [0.2, 0.25) is 0 Å². The van der Waals surface area contributed by atoms with Crippen LogP contribution in [0.3, 0.4) is 0 Å². The van der Waals surface area contributed by atoms with Crippen LogP contribution in [-0.4, -0.2) is 29.2 Å². The molecule has 0 atom stereocenters. The number of para-hydroxylation sites is 2. The SMILES string of the molecule is CC1(C)CN(c2ccccc2[N+](=O)[O-])CC(C)(C)O1. The van der Waals surface area contributed by atoms with E-state index in [1.165, 1.54) is 0 Å². The Kier molecular flexibility index (Phi) is 3.26. The summed E-state index contributed by atoms with van der Waals surface area (Å²) in [5.74, 6) is 0. The Balaban J connectivity index is 2.39. The molecule has 0 radical (unpaired) electrons. The number of anilines is 1. The molecule has 2 rings (SSSR count). The molecule has 0 spiro atoms. The second-order valence-electron chi connectivity index (χ2n) is 6.22. The molecule has 0 aliphatic carbocycles. The van der Waals surface area contributed by atoms with Crippen LogP contribution in [0, 0.1) is 10.1 Å². The minimum atomic E-state index is -0.329. The fraction of sp³-hybridized carbons (Fsp3) is 0.571. The van der Waals surface area contributed by atoms with Crippen molar-refractivity contribution in [2.45, 2.75) is 38.9 Å². The Morgan fingerprint density at radius 3 is 2.21 bits per heavy atom. The van der Waals surface area contributed by atoms with Gasteiger partial charge in [0.2, 0.25) is 0 Å². The van der Waals surface area contributed by atoms with Crippen molar-refractivity contribution >= 4 is 11.4 Å². The van der Waals surface area contributed by atoms with Crippen molar-refractivity contribution in [1.29, 1.82) is 0 Å². The largest absolute Gasteiger partial charge is 0.366 e. The molecule has 0 saturated carbocycles. The third-order valence-corrected chi connectivity index (χ3v) is 3.11. The van der Waals surface area contributed by atoms with Gasteiger partial charge in [-0.3, -0.25) is 10.1 Å². The number of nitro groups is 1. The maximum absolute atomic E-state index is 11.1. The molecule has 0 aromatic heterocycles. The smallest absolute Gasteiger partial charge is 0.292 e. The highest BCUT2D eigenvalue weighted by molar-refractivity contribution is 5.63. The fourth-order valence-corrected chi connectivity index (χ4v) is 2.84. The van der Waals surface area contributed by atoms with Crippen LogP contribution >= 0.6 is 0 Å². The predicted molar refractivity (Wildman–Crippen MR) is 74.6 cm³/mol. The first-order valence-electron chi connectivity index (χ1n) is 6.39. The van der Waals surface area contributed by atoms with E-state index in [-0.39, 0.29) is 21.8 Å². The zero-order valence-electron chi connectivity index (χ0n) is 11.8. The van der Waals surface area contributed by atoms with E-state index in [0.717, 1.165) is 0 Å². The highest BCUT2D eigenvalue weighted by atomic mass is 16.6. The Hall–Kier alpha value is -1.62. The molecule has 19 heavy (non-hydrogen) atoms. The van der Waals surface area contributed by atoms with Gasteiger partial charge in [0.1, 0.15) is 5.69 Å². The van der Waals surface area contributed by atoms with Gasteiger partial charge in [0.15, 0.2) is 0 Å². The molecule has 1 aliphatic rings. The van der Waals surface area contributed by atoms with E-state index in [1.807, 2.05) is 38.7 Å². The van der Waals surface area contributed by atoms with E-state index in [2.05, 4.69) is 0 Å². The molecule has 1 fully saturated rings. The summed E-state index contributed by atoms with van der Waals surface area (Å²) in [5, 5.41) is 11.1. The number of benzene rings is 1. The van der Waals surface area contributed by atoms with Gasteiger partial charge < -0.3 is 9.64 Å². The molecule has 1 heterocycles. The lowest BCUT2D eigenvalue weighted by atomic mass is 9.98. The van der Waals surface area contributed by atoms with Gasteiger partial charge in [-0.1, -0.05) is 12.1 Å². The Labute approximate surface area is 113 Å². The van der Waals surface area contributed by atoms with Crippen molar-refractivity contribution in [3.8, 4) is 0 Å². The van der Waals surface area contributed by atoms with Crippen LogP contribution in [0.15, 0.2) is 24.3 Å². The first-order valence-corrected chi connectivity index (χ1v) is 6.39.